The third kappa shape index (κ3) is 3.82. The lowest BCUT2D eigenvalue weighted by atomic mass is 10.1. The van der Waals surface area contributed by atoms with Crippen molar-refractivity contribution in [2.24, 2.45) is 0 Å². The number of halogens is 1. The fraction of sp³-hybridized carbons (Fsp3) is 0.0800. The normalized spacial score (nSPS) is 11.1. The van der Waals surface area contributed by atoms with Crippen molar-refractivity contribution in [2.75, 3.05) is 12.4 Å². The van der Waals surface area contributed by atoms with E-state index in [0.717, 1.165) is 11.3 Å². The number of rotatable bonds is 5. The van der Waals surface area contributed by atoms with Crippen molar-refractivity contribution in [3.05, 3.63) is 106 Å². The lowest BCUT2D eigenvalue weighted by Crippen LogP contribution is -2.24. The molecule has 0 saturated heterocycles. The van der Waals surface area contributed by atoms with Crippen LogP contribution in [0.2, 0.25) is 0 Å². The molecule has 0 bridgehead atoms. The van der Waals surface area contributed by atoms with Crippen molar-refractivity contribution in [3.63, 3.8) is 0 Å². The Balaban J connectivity index is 1.60. The maximum Gasteiger partial charge on any atom is 0.277 e. The van der Waals surface area contributed by atoms with E-state index < -0.39 is 0 Å². The van der Waals surface area contributed by atoms with Gasteiger partial charge in [0.2, 0.25) is 0 Å². The Labute approximate surface area is 187 Å². The first-order valence-electron chi connectivity index (χ1n) is 10.2. The molecule has 0 aliphatic rings. The smallest absolute Gasteiger partial charge is 0.277 e. The highest BCUT2D eigenvalue weighted by atomic mass is 19.1. The maximum absolute atomic E-state index is 13.3. The maximum atomic E-state index is 13.3. The van der Waals surface area contributed by atoms with Crippen LogP contribution in [0, 0.1) is 5.82 Å². The van der Waals surface area contributed by atoms with Gasteiger partial charge in [0.1, 0.15) is 17.1 Å². The number of methoxy groups -OCH3 is 1. The topological polar surface area (TPSA) is 77.6 Å². The zero-order chi connectivity index (χ0) is 22.9. The summed E-state index contributed by atoms with van der Waals surface area (Å²) in [5, 5.41) is 7.03. The Kier molecular flexibility index (Phi) is 5.10. The third-order valence-electron chi connectivity index (χ3n) is 5.47. The molecule has 1 N–H and O–H groups in total. The van der Waals surface area contributed by atoms with Crippen molar-refractivity contribution < 1.29 is 13.9 Å². The molecule has 0 atom stereocenters. The SMILES string of the molecule is COc1ccc(Cn2c(=O)c3ccnn3c3ccc(C(=O)Nc4ccc(F)cc4)cc32)cc1. The number of ether oxygens (including phenoxy) is 1. The van der Waals surface area contributed by atoms with Crippen LogP contribution in [0.25, 0.3) is 16.6 Å². The number of anilines is 1. The fourth-order valence-electron chi connectivity index (χ4n) is 3.77. The molecule has 33 heavy (non-hydrogen) atoms. The quantitative estimate of drug-likeness (QED) is 0.445. The van der Waals surface area contributed by atoms with Crippen LogP contribution in [-0.2, 0) is 6.54 Å². The van der Waals surface area contributed by atoms with E-state index in [-0.39, 0.29) is 17.3 Å². The zero-order valence-electron chi connectivity index (χ0n) is 17.7. The highest BCUT2D eigenvalue weighted by molar-refractivity contribution is 6.06. The summed E-state index contributed by atoms with van der Waals surface area (Å²) in [5.41, 5.74) is 3.23. The van der Waals surface area contributed by atoms with Crippen LogP contribution in [0.3, 0.4) is 0 Å². The second-order valence-corrected chi connectivity index (χ2v) is 7.53. The molecule has 0 saturated carbocycles. The van der Waals surface area contributed by atoms with E-state index in [1.165, 1.54) is 24.3 Å². The number of hydrogen-bond donors (Lipinski definition) is 1. The van der Waals surface area contributed by atoms with Gasteiger partial charge in [0.05, 0.1) is 30.9 Å². The van der Waals surface area contributed by atoms with Gasteiger partial charge in [0.15, 0.2) is 0 Å². The number of hydrogen-bond acceptors (Lipinski definition) is 4. The second-order valence-electron chi connectivity index (χ2n) is 7.53. The van der Waals surface area contributed by atoms with Crippen LogP contribution in [-0.4, -0.2) is 27.2 Å². The van der Waals surface area contributed by atoms with Gasteiger partial charge in [-0.05, 0) is 66.2 Å². The molecule has 0 aliphatic heterocycles. The highest BCUT2D eigenvalue weighted by Gasteiger charge is 2.15. The summed E-state index contributed by atoms with van der Waals surface area (Å²) in [6.07, 6.45) is 1.57. The minimum absolute atomic E-state index is 0.216. The summed E-state index contributed by atoms with van der Waals surface area (Å²) in [6, 6.07) is 19.7. The van der Waals surface area contributed by atoms with Gasteiger partial charge in [-0.2, -0.15) is 5.10 Å². The van der Waals surface area contributed by atoms with E-state index in [1.54, 1.807) is 46.7 Å². The van der Waals surface area contributed by atoms with E-state index in [4.69, 9.17) is 4.74 Å². The van der Waals surface area contributed by atoms with Crippen LogP contribution >= 0.6 is 0 Å². The second kappa shape index (κ2) is 8.23. The van der Waals surface area contributed by atoms with E-state index >= 15 is 0 Å². The third-order valence-corrected chi connectivity index (χ3v) is 5.47. The van der Waals surface area contributed by atoms with Gasteiger partial charge in [-0.3, -0.25) is 9.59 Å². The number of aromatic nitrogens is 3. The first kappa shape index (κ1) is 20.4. The largest absolute Gasteiger partial charge is 0.497 e. The molecular weight excluding hydrogens is 423 g/mol. The number of fused-ring (bicyclic) bond motifs is 3. The first-order chi connectivity index (χ1) is 16.0. The van der Waals surface area contributed by atoms with Crippen molar-refractivity contribution in [1.29, 1.82) is 0 Å². The summed E-state index contributed by atoms with van der Waals surface area (Å²) >= 11 is 0. The molecule has 0 fully saturated rings. The van der Waals surface area contributed by atoms with Crippen molar-refractivity contribution in [2.45, 2.75) is 6.54 Å². The molecule has 7 nitrogen and oxygen atoms in total. The van der Waals surface area contributed by atoms with Gasteiger partial charge >= 0.3 is 0 Å². The number of nitrogens with one attached hydrogen (secondary N) is 1. The van der Waals surface area contributed by atoms with E-state index in [1.807, 2.05) is 24.3 Å². The van der Waals surface area contributed by atoms with E-state index in [0.29, 0.717) is 34.3 Å². The Hall–Kier alpha value is -4.46. The Bertz CT molecular complexity index is 1540. The molecule has 2 heterocycles. The monoisotopic (exact) mass is 442 g/mol. The van der Waals surface area contributed by atoms with Gasteiger partial charge in [-0.15, -0.1) is 0 Å². The first-order valence-corrected chi connectivity index (χ1v) is 10.2. The predicted molar refractivity (Wildman–Crippen MR) is 123 cm³/mol. The van der Waals surface area contributed by atoms with Crippen LogP contribution < -0.4 is 15.6 Å². The molecule has 1 amide bonds. The summed E-state index contributed by atoms with van der Waals surface area (Å²) in [5.74, 6) is -0.0287. The van der Waals surface area contributed by atoms with Crippen molar-refractivity contribution >= 4 is 28.1 Å². The fourth-order valence-corrected chi connectivity index (χ4v) is 3.77. The molecule has 8 heteroatoms. The van der Waals surface area contributed by atoms with Gasteiger partial charge in [0.25, 0.3) is 11.5 Å². The van der Waals surface area contributed by atoms with Gasteiger partial charge in [-0.25, -0.2) is 8.91 Å². The average Bonchev–Trinajstić information content (AvgIpc) is 3.34. The number of benzene rings is 3. The number of carbonyl (C=O) groups excluding carboxylic acids is 1. The zero-order valence-corrected chi connectivity index (χ0v) is 17.7. The summed E-state index contributed by atoms with van der Waals surface area (Å²) in [7, 11) is 1.60. The molecule has 0 unspecified atom stereocenters. The average molecular weight is 442 g/mol. The molecule has 3 aromatic carbocycles. The van der Waals surface area contributed by atoms with E-state index in [9.17, 15) is 14.0 Å². The number of nitrogens with zero attached hydrogens (tertiary/aromatic N) is 3. The standard InChI is InChI=1S/C25H19FN4O3/c1-33-20-9-2-16(3-10-20)15-29-23-14-17(24(31)28-19-7-5-18(26)6-8-19)4-11-21(23)30-22(25(29)32)12-13-27-30/h2-14H,15H2,1H3,(H,28,31). The Morgan fingerprint density at radius 3 is 2.45 bits per heavy atom. The molecule has 0 radical (unpaired) electrons. The molecule has 5 rings (SSSR count). The highest BCUT2D eigenvalue weighted by Crippen LogP contribution is 2.20. The van der Waals surface area contributed by atoms with Gasteiger partial charge in [0, 0.05) is 11.3 Å². The molecule has 0 aliphatic carbocycles. The van der Waals surface area contributed by atoms with Crippen LogP contribution in [0.4, 0.5) is 10.1 Å². The molecule has 0 spiro atoms. The predicted octanol–water partition coefficient (Wildman–Crippen LogP) is 4.10. The van der Waals surface area contributed by atoms with Gasteiger partial charge in [-0.1, -0.05) is 12.1 Å². The molecule has 5 aromatic rings. The van der Waals surface area contributed by atoms with Crippen molar-refractivity contribution in [1.82, 2.24) is 14.2 Å². The van der Waals surface area contributed by atoms with Gasteiger partial charge < -0.3 is 14.6 Å². The molecule has 164 valence electrons. The molecular formula is C25H19FN4O3. The van der Waals surface area contributed by atoms with Crippen molar-refractivity contribution in [3.8, 4) is 5.75 Å². The van der Waals surface area contributed by atoms with Crippen LogP contribution in [0.15, 0.2) is 83.8 Å². The van der Waals surface area contributed by atoms with Crippen LogP contribution in [0.5, 0.6) is 5.75 Å². The number of carbonyl (C=O) groups is 1. The minimum atomic E-state index is -0.385. The lowest BCUT2D eigenvalue weighted by Gasteiger charge is -2.14. The summed E-state index contributed by atoms with van der Waals surface area (Å²) in [6.45, 7) is 0.310. The summed E-state index contributed by atoms with van der Waals surface area (Å²) in [4.78, 5) is 26.1. The van der Waals surface area contributed by atoms with E-state index in [2.05, 4.69) is 10.4 Å². The lowest BCUT2D eigenvalue weighted by molar-refractivity contribution is 0.102. The Morgan fingerprint density at radius 2 is 1.73 bits per heavy atom. The van der Waals surface area contributed by atoms with Crippen LogP contribution in [0.1, 0.15) is 15.9 Å². The Morgan fingerprint density at radius 1 is 0.970 bits per heavy atom. The summed E-state index contributed by atoms with van der Waals surface area (Å²) < 4.78 is 21.6. The number of amides is 1. The molecule has 2 aromatic heterocycles. The minimum Gasteiger partial charge on any atom is -0.497 e.